The normalized spacial score (nSPS) is 12.3. The van der Waals surface area contributed by atoms with Gasteiger partial charge >= 0.3 is 5.97 Å². The highest BCUT2D eigenvalue weighted by Crippen LogP contribution is 2.07. The summed E-state index contributed by atoms with van der Waals surface area (Å²) in [6, 6.07) is 0.400. The van der Waals surface area contributed by atoms with Crippen molar-refractivity contribution in [2.45, 2.75) is 6.04 Å². The predicted molar refractivity (Wildman–Crippen MR) is 49.3 cm³/mol. The first kappa shape index (κ1) is 11.2. The maximum Gasteiger partial charge on any atom is 0.330 e. The number of carbonyl (C=O) groups excluding carboxylic acids is 1. The molecule has 0 aliphatic rings. The van der Waals surface area contributed by atoms with E-state index < -0.39 is 17.9 Å². The largest absolute Gasteiger partial charge is 0.480 e. The first-order valence-electron chi connectivity index (χ1n) is 4.13. The molecular formula is C8H11N3O4. The Morgan fingerprint density at radius 3 is 2.80 bits per heavy atom. The van der Waals surface area contributed by atoms with Crippen molar-refractivity contribution < 1.29 is 19.4 Å². The topological polar surface area (TPSA) is 107 Å². The first-order chi connectivity index (χ1) is 7.06. The molecule has 7 heteroatoms. The second-order valence-electron chi connectivity index (χ2n) is 2.85. The SMILES string of the molecule is COCC(C(=O)O)n1ccc(C(N)=O)n1. The van der Waals surface area contributed by atoms with Gasteiger partial charge in [0.25, 0.3) is 5.91 Å². The Balaban J connectivity index is 2.91. The lowest BCUT2D eigenvalue weighted by Gasteiger charge is -2.10. The van der Waals surface area contributed by atoms with Gasteiger partial charge in [-0.2, -0.15) is 5.10 Å². The smallest absolute Gasteiger partial charge is 0.330 e. The third-order valence-electron chi connectivity index (χ3n) is 1.79. The molecule has 0 aliphatic carbocycles. The summed E-state index contributed by atoms with van der Waals surface area (Å²) in [5, 5.41) is 12.6. The van der Waals surface area contributed by atoms with Crippen LogP contribution in [0.2, 0.25) is 0 Å². The molecule has 0 radical (unpaired) electrons. The number of carbonyl (C=O) groups is 2. The molecule has 15 heavy (non-hydrogen) atoms. The Hall–Kier alpha value is -1.89. The molecule has 3 N–H and O–H groups in total. The molecule has 1 aromatic rings. The molecule has 1 unspecified atom stereocenters. The fourth-order valence-corrected chi connectivity index (χ4v) is 1.06. The summed E-state index contributed by atoms with van der Waals surface area (Å²) >= 11 is 0. The lowest BCUT2D eigenvalue weighted by molar-refractivity contribution is -0.142. The minimum Gasteiger partial charge on any atom is -0.480 e. The van der Waals surface area contributed by atoms with Gasteiger partial charge in [0.2, 0.25) is 0 Å². The van der Waals surface area contributed by atoms with Gasteiger partial charge in [0.05, 0.1) is 6.61 Å². The lowest BCUT2D eigenvalue weighted by atomic mass is 10.3. The quantitative estimate of drug-likeness (QED) is 0.669. The summed E-state index contributed by atoms with van der Waals surface area (Å²) in [6.45, 7) is -0.0325. The number of amides is 1. The third kappa shape index (κ3) is 2.53. The van der Waals surface area contributed by atoms with E-state index in [-0.39, 0.29) is 12.3 Å². The third-order valence-corrected chi connectivity index (χ3v) is 1.79. The van der Waals surface area contributed by atoms with Gasteiger partial charge in [-0.15, -0.1) is 0 Å². The molecule has 0 saturated heterocycles. The molecule has 1 atom stereocenters. The monoisotopic (exact) mass is 213 g/mol. The number of primary amides is 1. The zero-order valence-electron chi connectivity index (χ0n) is 8.08. The van der Waals surface area contributed by atoms with Crippen LogP contribution >= 0.6 is 0 Å². The van der Waals surface area contributed by atoms with Crippen LogP contribution in [0.3, 0.4) is 0 Å². The minimum atomic E-state index is -1.09. The molecule has 0 saturated carbocycles. The number of aliphatic carboxylic acids is 1. The lowest BCUT2D eigenvalue weighted by Crippen LogP contribution is -2.24. The first-order valence-corrected chi connectivity index (χ1v) is 4.13. The number of methoxy groups -OCH3 is 1. The van der Waals surface area contributed by atoms with E-state index in [4.69, 9.17) is 15.6 Å². The highest BCUT2D eigenvalue weighted by atomic mass is 16.5. The van der Waals surface area contributed by atoms with Crippen LogP contribution < -0.4 is 5.73 Å². The van der Waals surface area contributed by atoms with Gasteiger partial charge in [0.15, 0.2) is 6.04 Å². The summed E-state index contributed by atoms with van der Waals surface area (Å²) in [5.74, 6) is -1.79. The number of hydrogen-bond donors (Lipinski definition) is 2. The predicted octanol–water partition coefficient (Wildman–Crippen LogP) is -0.746. The minimum absolute atomic E-state index is 0.0253. The average Bonchev–Trinajstić information content (AvgIpc) is 2.62. The maximum absolute atomic E-state index is 10.8. The molecule has 0 fully saturated rings. The number of hydrogen-bond acceptors (Lipinski definition) is 4. The van der Waals surface area contributed by atoms with Crippen molar-refractivity contribution in [3.05, 3.63) is 18.0 Å². The van der Waals surface area contributed by atoms with E-state index in [2.05, 4.69) is 5.10 Å². The molecule has 1 aromatic heterocycles. The molecule has 0 aromatic carbocycles. The fraction of sp³-hybridized carbons (Fsp3) is 0.375. The van der Waals surface area contributed by atoms with Gasteiger partial charge in [0, 0.05) is 13.3 Å². The van der Waals surface area contributed by atoms with Crippen molar-refractivity contribution in [3.8, 4) is 0 Å². The second-order valence-corrected chi connectivity index (χ2v) is 2.85. The van der Waals surface area contributed by atoms with Gasteiger partial charge in [0.1, 0.15) is 5.69 Å². The number of carboxylic acid groups (broad SMARTS) is 1. The van der Waals surface area contributed by atoms with Crippen molar-refractivity contribution in [2.24, 2.45) is 5.73 Å². The van der Waals surface area contributed by atoms with Crippen LogP contribution in [0.1, 0.15) is 16.5 Å². The van der Waals surface area contributed by atoms with Crippen LogP contribution in [0.5, 0.6) is 0 Å². The molecule has 0 spiro atoms. The summed E-state index contributed by atoms with van der Waals surface area (Å²) in [4.78, 5) is 21.5. The van der Waals surface area contributed by atoms with Crippen LogP contribution in [0.4, 0.5) is 0 Å². The zero-order chi connectivity index (χ0) is 11.4. The van der Waals surface area contributed by atoms with Gasteiger partial charge < -0.3 is 15.6 Å². The highest BCUT2D eigenvalue weighted by molar-refractivity contribution is 5.90. The van der Waals surface area contributed by atoms with E-state index in [1.54, 1.807) is 0 Å². The molecule has 1 rings (SSSR count). The van der Waals surface area contributed by atoms with Crippen LogP contribution in [0.15, 0.2) is 12.3 Å². The van der Waals surface area contributed by atoms with Crippen molar-refractivity contribution >= 4 is 11.9 Å². The van der Waals surface area contributed by atoms with Gasteiger partial charge in [-0.25, -0.2) is 4.79 Å². The van der Waals surface area contributed by atoms with Crippen molar-refractivity contribution in [1.82, 2.24) is 9.78 Å². The fourth-order valence-electron chi connectivity index (χ4n) is 1.06. The van der Waals surface area contributed by atoms with E-state index in [9.17, 15) is 9.59 Å². The number of carboxylic acids is 1. The van der Waals surface area contributed by atoms with E-state index in [1.165, 1.54) is 19.4 Å². The summed E-state index contributed by atoms with van der Waals surface area (Å²) in [5.41, 5.74) is 5.01. The van der Waals surface area contributed by atoms with Crippen LogP contribution in [-0.2, 0) is 9.53 Å². The summed E-state index contributed by atoms with van der Waals surface area (Å²) < 4.78 is 5.86. The maximum atomic E-state index is 10.8. The summed E-state index contributed by atoms with van der Waals surface area (Å²) in [6.07, 6.45) is 1.37. The Bertz CT molecular complexity index is 374. The second kappa shape index (κ2) is 4.56. The number of aromatic nitrogens is 2. The molecule has 7 nitrogen and oxygen atoms in total. The number of nitrogens with zero attached hydrogens (tertiary/aromatic N) is 2. The van der Waals surface area contributed by atoms with Crippen molar-refractivity contribution in [1.29, 1.82) is 0 Å². The van der Waals surface area contributed by atoms with Crippen molar-refractivity contribution in [2.75, 3.05) is 13.7 Å². The molecule has 1 amide bonds. The Labute approximate surface area is 85.4 Å². The number of nitrogens with two attached hydrogens (primary N) is 1. The molecule has 82 valence electrons. The highest BCUT2D eigenvalue weighted by Gasteiger charge is 2.20. The van der Waals surface area contributed by atoms with Crippen LogP contribution in [0, 0.1) is 0 Å². The number of ether oxygens (including phenoxy) is 1. The Kier molecular flexibility index (Phi) is 3.40. The van der Waals surface area contributed by atoms with Crippen LogP contribution in [-0.4, -0.2) is 40.5 Å². The van der Waals surface area contributed by atoms with E-state index in [0.717, 1.165) is 4.68 Å². The van der Waals surface area contributed by atoms with E-state index in [1.807, 2.05) is 0 Å². The van der Waals surface area contributed by atoms with Gasteiger partial charge in [-0.05, 0) is 6.07 Å². The van der Waals surface area contributed by atoms with Gasteiger partial charge in [-0.1, -0.05) is 0 Å². The van der Waals surface area contributed by atoms with E-state index >= 15 is 0 Å². The molecule has 0 aliphatic heterocycles. The molecule has 0 bridgehead atoms. The zero-order valence-corrected chi connectivity index (χ0v) is 8.08. The molecular weight excluding hydrogens is 202 g/mol. The standard InChI is InChI=1S/C8H11N3O4/c1-15-4-6(8(13)14)11-3-2-5(10-11)7(9)12/h2-3,6H,4H2,1H3,(H2,9,12)(H,13,14). The molecule has 1 heterocycles. The van der Waals surface area contributed by atoms with Crippen LogP contribution in [0.25, 0.3) is 0 Å². The number of rotatable bonds is 5. The van der Waals surface area contributed by atoms with Crippen molar-refractivity contribution in [3.63, 3.8) is 0 Å². The average molecular weight is 213 g/mol. The van der Waals surface area contributed by atoms with E-state index in [0.29, 0.717) is 0 Å². The summed E-state index contributed by atoms with van der Waals surface area (Å²) in [7, 11) is 1.38. The Morgan fingerprint density at radius 2 is 2.40 bits per heavy atom. The van der Waals surface area contributed by atoms with Gasteiger partial charge in [-0.3, -0.25) is 9.48 Å². The Morgan fingerprint density at radius 1 is 1.73 bits per heavy atom.